The normalized spacial score (nSPS) is 13.3. The van der Waals surface area contributed by atoms with Crippen LogP contribution in [0.1, 0.15) is 33.0 Å². The molecule has 3 aromatic heterocycles. The summed E-state index contributed by atoms with van der Waals surface area (Å²) in [5.41, 5.74) is 3.64. The number of halogens is 1. The minimum absolute atomic E-state index is 0.156. The average molecular weight is 381 g/mol. The van der Waals surface area contributed by atoms with Crippen molar-refractivity contribution in [2.24, 2.45) is 7.05 Å². The highest BCUT2D eigenvalue weighted by molar-refractivity contribution is 5.92. The lowest BCUT2D eigenvalue weighted by molar-refractivity contribution is 0.0721. The SMILES string of the molecule is Cc1ccnc(OCc2nn(C)c3c2CN(C(=O)c2ncccc2F)CC3)c1. The molecule has 3 aromatic rings. The Balaban J connectivity index is 1.54. The molecule has 0 unspecified atom stereocenters. The first-order chi connectivity index (χ1) is 13.5. The van der Waals surface area contributed by atoms with Crippen LogP contribution in [-0.4, -0.2) is 37.1 Å². The van der Waals surface area contributed by atoms with E-state index in [0.29, 0.717) is 25.4 Å². The van der Waals surface area contributed by atoms with Crippen LogP contribution in [0.3, 0.4) is 0 Å². The molecule has 0 radical (unpaired) electrons. The summed E-state index contributed by atoms with van der Waals surface area (Å²) in [7, 11) is 1.88. The Hall–Kier alpha value is -3.29. The van der Waals surface area contributed by atoms with E-state index in [9.17, 15) is 9.18 Å². The molecule has 0 aromatic carbocycles. The van der Waals surface area contributed by atoms with Gasteiger partial charge in [-0.1, -0.05) is 0 Å². The molecule has 8 heteroatoms. The molecule has 0 aliphatic carbocycles. The Morgan fingerprint density at radius 1 is 1.29 bits per heavy atom. The quantitative estimate of drug-likeness (QED) is 0.694. The van der Waals surface area contributed by atoms with Crippen molar-refractivity contribution in [3.8, 4) is 5.88 Å². The Bertz CT molecular complexity index is 1030. The summed E-state index contributed by atoms with van der Waals surface area (Å²) >= 11 is 0. The molecule has 28 heavy (non-hydrogen) atoms. The van der Waals surface area contributed by atoms with Crippen molar-refractivity contribution in [3.05, 3.63) is 70.7 Å². The second-order valence-electron chi connectivity index (χ2n) is 6.77. The van der Waals surface area contributed by atoms with Crippen LogP contribution >= 0.6 is 0 Å². The molecule has 4 heterocycles. The Morgan fingerprint density at radius 3 is 2.93 bits per heavy atom. The molecule has 0 bridgehead atoms. The van der Waals surface area contributed by atoms with Crippen LogP contribution in [0.4, 0.5) is 4.39 Å². The van der Waals surface area contributed by atoms with Gasteiger partial charge in [0.2, 0.25) is 5.88 Å². The molecule has 0 fully saturated rings. The predicted octanol–water partition coefficient (Wildman–Crippen LogP) is 2.44. The van der Waals surface area contributed by atoms with Gasteiger partial charge in [0.1, 0.15) is 12.3 Å². The number of amides is 1. The first-order valence-corrected chi connectivity index (χ1v) is 9.02. The first kappa shape index (κ1) is 18.1. The molecule has 0 saturated heterocycles. The maximum absolute atomic E-state index is 14.0. The second kappa shape index (κ2) is 7.38. The van der Waals surface area contributed by atoms with Crippen LogP contribution in [-0.2, 0) is 26.6 Å². The maximum Gasteiger partial charge on any atom is 0.275 e. The van der Waals surface area contributed by atoms with Gasteiger partial charge >= 0.3 is 0 Å². The fourth-order valence-corrected chi connectivity index (χ4v) is 3.38. The molecule has 144 valence electrons. The van der Waals surface area contributed by atoms with Gasteiger partial charge in [-0.05, 0) is 30.7 Å². The highest BCUT2D eigenvalue weighted by Crippen LogP contribution is 2.24. The third kappa shape index (κ3) is 3.45. The number of rotatable bonds is 4. The molecular formula is C20H20FN5O2. The average Bonchev–Trinajstić information content (AvgIpc) is 3.01. The third-order valence-corrected chi connectivity index (χ3v) is 4.82. The number of nitrogens with zero attached hydrogens (tertiary/aromatic N) is 5. The van der Waals surface area contributed by atoms with Gasteiger partial charge in [0.25, 0.3) is 5.91 Å². The largest absolute Gasteiger partial charge is 0.471 e. The van der Waals surface area contributed by atoms with E-state index in [1.165, 1.54) is 18.3 Å². The number of aromatic nitrogens is 4. The fraction of sp³-hybridized carbons (Fsp3) is 0.300. The van der Waals surface area contributed by atoms with Gasteiger partial charge < -0.3 is 9.64 Å². The van der Waals surface area contributed by atoms with Gasteiger partial charge in [0, 0.05) is 56.3 Å². The van der Waals surface area contributed by atoms with Crippen molar-refractivity contribution in [1.82, 2.24) is 24.6 Å². The smallest absolute Gasteiger partial charge is 0.275 e. The van der Waals surface area contributed by atoms with Gasteiger partial charge in [-0.15, -0.1) is 0 Å². The van der Waals surface area contributed by atoms with E-state index in [-0.39, 0.29) is 12.3 Å². The van der Waals surface area contributed by atoms with Crippen LogP contribution in [0.5, 0.6) is 5.88 Å². The minimum atomic E-state index is -0.612. The summed E-state index contributed by atoms with van der Waals surface area (Å²) in [6.07, 6.45) is 3.76. The zero-order valence-electron chi connectivity index (χ0n) is 15.7. The van der Waals surface area contributed by atoms with Gasteiger partial charge in [-0.25, -0.2) is 14.4 Å². The number of ether oxygens (including phenoxy) is 1. The standard InChI is InChI=1S/C20H20FN5O2/c1-13-5-8-22-18(10-13)28-12-16-14-11-26(9-6-17(14)25(2)24-16)20(27)19-15(21)4-3-7-23-19/h3-5,7-8,10H,6,9,11-12H2,1-2H3. The van der Waals surface area contributed by atoms with E-state index in [0.717, 1.165) is 22.5 Å². The van der Waals surface area contributed by atoms with Crippen molar-refractivity contribution < 1.29 is 13.9 Å². The van der Waals surface area contributed by atoms with E-state index in [4.69, 9.17) is 4.74 Å². The van der Waals surface area contributed by atoms with E-state index in [1.807, 2.05) is 30.8 Å². The molecule has 0 spiro atoms. The van der Waals surface area contributed by atoms with E-state index in [1.54, 1.807) is 11.1 Å². The molecule has 0 atom stereocenters. The maximum atomic E-state index is 14.0. The number of fused-ring (bicyclic) bond motifs is 1. The Kier molecular flexibility index (Phi) is 4.77. The van der Waals surface area contributed by atoms with Crippen molar-refractivity contribution in [3.63, 3.8) is 0 Å². The Morgan fingerprint density at radius 2 is 2.14 bits per heavy atom. The minimum Gasteiger partial charge on any atom is -0.471 e. The number of carbonyl (C=O) groups excluding carboxylic acids is 1. The summed E-state index contributed by atoms with van der Waals surface area (Å²) in [5.74, 6) is -0.503. The van der Waals surface area contributed by atoms with Crippen LogP contribution in [0, 0.1) is 12.7 Å². The number of hydrogen-bond donors (Lipinski definition) is 0. The zero-order chi connectivity index (χ0) is 19.7. The van der Waals surface area contributed by atoms with Crippen LogP contribution in [0.25, 0.3) is 0 Å². The van der Waals surface area contributed by atoms with Crippen LogP contribution in [0.2, 0.25) is 0 Å². The molecule has 7 nitrogen and oxygen atoms in total. The number of pyridine rings is 2. The van der Waals surface area contributed by atoms with E-state index >= 15 is 0 Å². The summed E-state index contributed by atoms with van der Waals surface area (Å²) < 4.78 is 21.6. The van der Waals surface area contributed by atoms with Crippen molar-refractivity contribution in [2.45, 2.75) is 26.5 Å². The van der Waals surface area contributed by atoms with Crippen LogP contribution < -0.4 is 4.74 Å². The molecule has 0 saturated carbocycles. The summed E-state index contributed by atoms with van der Waals surface area (Å²) in [6.45, 7) is 3.05. The highest BCUT2D eigenvalue weighted by Gasteiger charge is 2.29. The van der Waals surface area contributed by atoms with Gasteiger partial charge in [0.05, 0.1) is 0 Å². The topological polar surface area (TPSA) is 73.1 Å². The Labute approximate surface area is 161 Å². The van der Waals surface area contributed by atoms with Crippen molar-refractivity contribution in [1.29, 1.82) is 0 Å². The van der Waals surface area contributed by atoms with Gasteiger partial charge in [-0.2, -0.15) is 5.10 Å². The van der Waals surface area contributed by atoms with E-state index < -0.39 is 11.7 Å². The molecule has 4 rings (SSSR count). The lowest BCUT2D eigenvalue weighted by atomic mass is 10.0. The molecule has 0 N–H and O–H groups in total. The summed E-state index contributed by atoms with van der Waals surface area (Å²) in [5, 5.41) is 4.55. The lowest BCUT2D eigenvalue weighted by Gasteiger charge is -2.27. The predicted molar refractivity (Wildman–Crippen MR) is 99.2 cm³/mol. The van der Waals surface area contributed by atoms with Crippen molar-refractivity contribution >= 4 is 5.91 Å². The zero-order valence-corrected chi connectivity index (χ0v) is 15.7. The molecule has 1 amide bonds. The van der Waals surface area contributed by atoms with Crippen molar-refractivity contribution in [2.75, 3.05) is 6.54 Å². The summed E-state index contributed by atoms with van der Waals surface area (Å²) in [6, 6.07) is 6.47. The highest BCUT2D eigenvalue weighted by atomic mass is 19.1. The van der Waals surface area contributed by atoms with E-state index in [2.05, 4.69) is 15.1 Å². The number of aryl methyl sites for hydroxylation is 2. The van der Waals surface area contributed by atoms with Crippen LogP contribution in [0.15, 0.2) is 36.7 Å². The van der Waals surface area contributed by atoms with Gasteiger partial charge in [0.15, 0.2) is 11.5 Å². The fourth-order valence-electron chi connectivity index (χ4n) is 3.38. The number of hydrogen-bond acceptors (Lipinski definition) is 5. The second-order valence-corrected chi connectivity index (χ2v) is 6.77. The van der Waals surface area contributed by atoms with Gasteiger partial charge in [-0.3, -0.25) is 9.48 Å². The first-order valence-electron chi connectivity index (χ1n) is 9.02. The third-order valence-electron chi connectivity index (χ3n) is 4.82. The lowest BCUT2D eigenvalue weighted by Crippen LogP contribution is -2.37. The number of carbonyl (C=O) groups is 1. The summed E-state index contributed by atoms with van der Waals surface area (Å²) in [4.78, 5) is 22.4. The molecular weight excluding hydrogens is 361 g/mol. The molecule has 1 aliphatic heterocycles. The molecule has 1 aliphatic rings. The monoisotopic (exact) mass is 381 g/mol.